The molecule has 1 amide bonds. The predicted molar refractivity (Wildman–Crippen MR) is 78.5 cm³/mol. The molecule has 1 heterocycles. The van der Waals surface area contributed by atoms with Crippen LogP contribution in [0.5, 0.6) is 0 Å². The summed E-state index contributed by atoms with van der Waals surface area (Å²) in [7, 11) is 0. The molecule has 0 bridgehead atoms. The van der Waals surface area contributed by atoms with Gasteiger partial charge in [0.1, 0.15) is 5.76 Å². The van der Waals surface area contributed by atoms with E-state index in [0.717, 1.165) is 14.9 Å². The van der Waals surface area contributed by atoms with Crippen LogP contribution in [0.1, 0.15) is 34.6 Å². The molecule has 1 aromatic heterocycles. The van der Waals surface area contributed by atoms with Crippen LogP contribution < -0.4 is 5.32 Å². The van der Waals surface area contributed by atoms with Gasteiger partial charge in [0.2, 0.25) is 0 Å². The van der Waals surface area contributed by atoms with Gasteiger partial charge in [-0.15, -0.1) is 0 Å². The number of carbonyl (C=O) groups excluding carboxylic acids is 1. The second-order valence-corrected chi connectivity index (χ2v) is 5.23. The minimum atomic E-state index is -0.135. The van der Waals surface area contributed by atoms with Crippen molar-refractivity contribution in [2.45, 2.75) is 19.9 Å². The lowest BCUT2D eigenvalue weighted by Crippen LogP contribution is -2.27. The van der Waals surface area contributed by atoms with Crippen molar-refractivity contribution in [1.82, 2.24) is 5.32 Å². The summed E-state index contributed by atoms with van der Waals surface area (Å²) in [4.78, 5) is 12.2. The number of nitrogens with one attached hydrogen (secondary N) is 1. The Kier molecular flexibility index (Phi) is 4.06. The first-order valence-electron chi connectivity index (χ1n) is 5.69. The molecule has 4 heteroatoms. The van der Waals surface area contributed by atoms with Gasteiger partial charge in [-0.05, 0) is 60.2 Å². The zero-order chi connectivity index (χ0) is 13.1. The smallest absolute Gasteiger partial charge is 0.252 e. The van der Waals surface area contributed by atoms with E-state index in [0.29, 0.717) is 5.56 Å². The topological polar surface area (TPSA) is 42.2 Å². The maximum absolute atomic E-state index is 12.2. The van der Waals surface area contributed by atoms with E-state index >= 15 is 0 Å². The van der Waals surface area contributed by atoms with Crippen molar-refractivity contribution in [3.8, 4) is 0 Å². The number of hydrogen-bond acceptors (Lipinski definition) is 2. The number of halogens is 1. The zero-order valence-corrected chi connectivity index (χ0v) is 12.4. The Hall–Kier alpha value is -1.30. The van der Waals surface area contributed by atoms with E-state index in [-0.39, 0.29) is 11.9 Å². The van der Waals surface area contributed by atoms with E-state index in [4.69, 9.17) is 4.42 Å². The quantitative estimate of drug-likeness (QED) is 0.854. The number of aryl methyl sites for hydroxylation is 1. The minimum Gasteiger partial charge on any atom is -0.467 e. The average Bonchev–Trinajstić information content (AvgIpc) is 2.86. The molecule has 1 N–H and O–H groups in total. The Morgan fingerprint density at radius 2 is 2.11 bits per heavy atom. The number of furan rings is 1. The lowest BCUT2D eigenvalue weighted by atomic mass is 10.1. The van der Waals surface area contributed by atoms with Crippen LogP contribution in [0.15, 0.2) is 41.0 Å². The molecule has 2 rings (SSSR count). The highest BCUT2D eigenvalue weighted by molar-refractivity contribution is 14.1. The van der Waals surface area contributed by atoms with Crippen molar-refractivity contribution < 1.29 is 9.21 Å². The lowest BCUT2D eigenvalue weighted by molar-refractivity contribution is 0.0934. The van der Waals surface area contributed by atoms with Gasteiger partial charge in [-0.1, -0.05) is 12.1 Å². The summed E-state index contributed by atoms with van der Waals surface area (Å²) < 4.78 is 6.25. The third-order valence-electron chi connectivity index (χ3n) is 2.75. The Labute approximate surface area is 120 Å². The van der Waals surface area contributed by atoms with E-state index in [1.807, 2.05) is 44.2 Å². The molecule has 18 heavy (non-hydrogen) atoms. The van der Waals surface area contributed by atoms with Gasteiger partial charge in [-0.25, -0.2) is 0 Å². The average molecular weight is 355 g/mol. The maximum Gasteiger partial charge on any atom is 0.252 e. The van der Waals surface area contributed by atoms with Gasteiger partial charge in [0.25, 0.3) is 5.91 Å². The largest absolute Gasteiger partial charge is 0.467 e. The molecule has 0 spiro atoms. The molecule has 0 aliphatic rings. The highest BCUT2D eigenvalue weighted by Gasteiger charge is 2.15. The lowest BCUT2D eigenvalue weighted by Gasteiger charge is -2.13. The zero-order valence-electron chi connectivity index (χ0n) is 10.2. The predicted octanol–water partition coefficient (Wildman–Crippen LogP) is 3.68. The first-order chi connectivity index (χ1) is 8.59. The molecule has 0 fully saturated rings. The van der Waals surface area contributed by atoms with Gasteiger partial charge in [0.15, 0.2) is 0 Å². The normalized spacial score (nSPS) is 12.2. The summed E-state index contributed by atoms with van der Waals surface area (Å²) in [6.45, 7) is 3.90. The molecule has 94 valence electrons. The number of benzene rings is 1. The van der Waals surface area contributed by atoms with Gasteiger partial charge in [-0.2, -0.15) is 0 Å². The van der Waals surface area contributed by atoms with Crippen LogP contribution in [-0.4, -0.2) is 5.91 Å². The summed E-state index contributed by atoms with van der Waals surface area (Å²) in [5, 5.41) is 2.93. The molecule has 3 nitrogen and oxygen atoms in total. The Balaban J connectivity index is 2.15. The molecule has 1 aromatic carbocycles. The fraction of sp³-hybridized carbons (Fsp3) is 0.214. The van der Waals surface area contributed by atoms with Gasteiger partial charge >= 0.3 is 0 Å². The Morgan fingerprint density at radius 1 is 1.33 bits per heavy atom. The first kappa shape index (κ1) is 13.1. The van der Waals surface area contributed by atoms with Crippen molar-refractivity contribution in [1.29, 1.82) is 0 Å². The molecule has 0 aliphatic heterocycles. The molecular weight excluding hydrogens is 341 g/mol. The summed E-state index contributed by atoms with van der Waals surface area (Å²) in [5.41, 5.74) is 1.81. The van der Waals surface area contributed by atoms with E-state index in [2.05, 4.69) is 27.9 Å². The first-order valence-corrected chi connectivity index (χ1v) is 6.77. The van der Waals surface area contributed by atoms with Gasteiger partial charge in [-0.3, -0.25) is 4.79 Å². The van der Waals surface area contributed by atoms with Crippen LogP contribution in [0.3, 0.4) is 0 Å². The molecule has 1 unspecified atom stereocenters. The third kappa shape index (κ3) is 2.75. The van der Waals surface area contributed by atoms with Gasteiger partial charge in [0, 0.05) is 3.57 Å². The highest BCUT2D eigenvalue weighted by Crippen LogP contribution is 2.18. The second-order valence-electron chi connectivity index (χ2n) is 4.15. The Bertz CT molecular complexity index is 549. The van der Waals surface area contributed by atoms with E-state index in [1.165, 1.54) is 0 Å². The monoisotopic (exact) mass is 355 g/mol. The van der Waals surface area contributed by atoms with Crippen LogP contribution in [0, 0.1) is 10.5 Å². The summed E-state index contributed by atoms with van der Waals surface area (Å²) in [5.74, 6) is 0.679. The van der Waals surface area contributed by atoms with Crippen LogP contribution in [0.4, 0.5) is 0 Å². The third-order valence-corrected chi connectivity index (χ3v) is 4.19. The minimum absolute atomic E-state index is 0.0769. The molecule has 2 aromatic rings. The molecule has 0 saturated carbocycles. The molecule has 1 atom stereocenters. The van der Waals surface area contributed by atoms with Crippen LogP contribution in [-0.2, 0) is 0 Å². The van der Waals surface area contributed by atoms with Crippen molar-refractivity contribution in [2.75, 3.05) is 0 Å². The van der Waals surface area contributed by atoms with Crippen molar-refractivity contribution >= 4 is 28.5 Å². The molecular formula is C14H14INO2. The number of amides is 1. The van der Waals surface area contributed by atoms with Crippen molar-refractivity contribution in [2.24, 2.45) is 0 Å². The van der Waals surface area contributed by atoms with E-state index < -0.39 is 0 Å². The van der Waals surface area contributed by atoms with Crippen LogP contribution in [0.25, 0.3) is 0 Å². The fourth-order valence-corrected chi connectivity index (χ4v) is 2.31. The van der Waals surface area contributed by atoms with E-state index in [9.17, 15) is 4.79 Å². The molecule has 0 aliphatic carbocycles. The SMILES string of the molecule is Cc1cccc(C(=O)NC(C)c2ccco2)c1I. The molecule has 0 radical (unpaired) electrons. The maximum atomic E-state index is 12.2. The van der Waals surface area contributed by atoms with Crippen LogP contribution >= 0.6 is 22.6 Å². The number of carbonyl (C=O) groups is 1. The van der Waals surface area contributed by atoms with Gasteiger partial charge in [0.05, 0.1) is 17.9 Å². The Morgan fingerprint density at radius 3 is 2.78 bits per heavy atom. The van der Waals surface area contributed by atoms with Crippen molar-refractivity contribution in [3.05, 3.63) is 57.1 Å². The van der Waals surface area contributed by atoms with Gasteiger partial charge < -0.3 is 9.73 Å². The summed E-state index contributed by atoms with van der Waals surface area (Å²) in [6, 6.07) is 9.25. The summed E-state index contributed by atoms with van der Waals surface area (Å²) in [6.07, 6.45) is 1.61. The molecule has 0 saturated heterocycles. The highest BCUT2D eigenvalue weighted by atomic mass is 127. The summed E-state index contributed by atoms with van der Waals surface area (Å²) >= 11 is 2.20. The standard InChI is InChI=1S/C14H14INO2/c1-9-5-3-6-11(13(9)15)14(17)16-10(2)12-7-4-8-18-12/h3-8,10H,1-2H3,(H,16,17). The fourth-order valence-electron chi connectivity index (χ4n) is 1.71. The van der Waals surface area contributed by atoms with E-state index in [1.54, 1.807) is 6.26 Å². The van der Waals surface area contributed by atoms with Crippen LogP contribution in [0.2, 0.25) is 0 Å². The second kappa shape index (κ2) is 5.56. The number of hydrogen-bond donors (Lipinski definition) is 1. The van der Waals surface area contributed by atoms with Crippen molar-refractivity contribution in [3.63, 3.8) is 0 Å². The number of rotatable bonds is 3.